The van der Waals surface area contributed by atoms with Crippen molar-refractivity contribution in [3.05, 3.63) is 94.5 Å². The average molecular weight is 563 g/mol. The van der Waals surface area contributed by atoms with Crippen molar-refractivity contribution in [3.63, 3.8) is 0 Å². The minimum absolute atomic E-state index is 0.0179. The van der Waals surface area contributed by atoms with Gasteiger partial charge >= 0.3 is 0 Å². The van der Waals surface area contributed by atoms with Gasteiger partial charge in [-0.05, 0) is 80.3 Å². The summed E-state index contributed by atoms with van der Waals surface area (Å²) in [7, 11) is 0. The van der Waals surface area contributed by atoms with E-state index >= 15 is 0 Å². The molecule has 1 spiro atoms. The number of piperidine rings is 1. The number of fused-ring (bicyclic) bond motifs is 1. The second kappa shape index (κ2) is 8.68. The molecule has 2 saturated carbocycles. The number of ether oxygens (including phenoxy) is 2. The average Bonchev–Trinajstić information content (AvgIpc) is 3.70. The number of benzene rings is 3. The van der Waals surface area contributed by atoms with Crippen molar-refractivity contribution in [2.45, 2.75) is 74.3 Å². The summed E-state index contributed by atoms with van der Waals surface area (Å²) in [5.74, 6) is 1.54. The molecule has 1 N–H and O–H groups in total. The van der Waals surface area contributed by atoms with Crippen molar-refractivity contribution in [2.75, 3.05) is 13.1 Å². The summed E-state index contributed by atoms with van der Waals surface area (Å²) in [6.07, 6.45) is 4.50. The van der Waals surface area contributed by atoms with Crippen LogP contribution in [0.2, 0.25) is 0 Å². The second-order valence-corrected chi connectivity index (χ2v) is 13.2. The van der Waals surface area contributed by atoms with Gasteiger partial charge in [-0.25, -0.2) is 0 Å². The zero-order valence-corrected chi connectivity index (χ0v) is 23.5. The van der Waals surface area contributed by atoms with E-state index in [1.54, 1.807) is 24.3 Å². The van der Waals surface area contributed by atoms with Crippen molar-refractivity contribution in [3.8, 4) is 11.5 Å². The van der Waals surface area contributed by atoms with Crippen LogP contribution in [0.3, 0.4) is 0 Å². The van der Waals surface area contributed by atoms with Gasteiger partial charge in [-0.1, -0.05) is 48.5 Å². The summed E-state index contributed by atoms with van der Waals surface area (Å²) >= 11 is 0. The number of carbonyl (C=O) groups is 2. The Hall–Kier alpha value is -3.68. The fourth-order valence-electron chi connectivity index (χ4n) is 9.07. The van der Waals surface area contributed by atoms with Crippen LogP contribution >= 0.6 is 0 Å². The highest BCUT2D eigenvalue weighted by Gasteiger charge is 2.74. The molecule has 3 aliphatic carbocycles. The zero-order chi connectivity index (χ0) is 28.2. The van der Waals surface area contributed by atoms with Crippen molar-refractivity contribution in [1.82, 2.24) is 9.80 Å². The van der Waals surface area contributed by atoms with Gasteiger partial charge in [0.15, 0.2) is 11.5 Å². The molecule has 214 valence electrons. The Morgan fingerprint density at radius 3 is 2.38 bits per heavy atom. The summed E-state index contributed by atoms with van der Waals surface area (Å²) in [6.45, 7) is 2.29. The van der Waals surface area contributed by atoms with Crippen LogP contribution < -0.4 is 9.47 Å². The molecule has 5 atom stereocenters. The third-order valence-electron chi connectivity index (χ3n) is 11.1. The van der Waals surface area contributed by atoms with E-state index in [2.05, 4.69) is 11.0 Å². The molecule has 0 radical (unpaired) electrons. The van der Waals surface area contributed by atoms with E-state index in [1.807, 2.05) is 36.4 Å². The monoisotopic (exact) mass is 562 g/mol. The lowest BCUT2D eigenvalue weighted by molar-refractivity contribution is -0.196. The number of likely N-dealkylation sites (tertiary alicyclic amines) is 1. The Balaban J connectivity index is 1.16. The minimum Gasteiger partial charge on any atom is -0.485 e. The lowest BCUT2D eigenvalue weighted by atomic mass is 9.48. The van der Waals surface area contributed by atoms with Crippen LogP contribution in [-0.2, 0) is 18.4 Å². The van der Waals surface area contributed by atoms with Gasteiger partial charge in [-0.2, -0.15) is 0 Å². The van der Waals surface area contributed by atoms with Crippen LogP contribution in [0, 0.1) is 5.92 Å². The Kier molecular flexibility index (Phi) is 5.14. The molecule has 7 heteroatoms. The van der Waals surface area contributed by atoms with E-state index in [0.29, 0.717) is 42.1 Å². The summed E-state index contributed by atoms with van der Waals surface area (Å²) in [4.78, 5) is 31.5. The molecule has 1 unspecified atom stereocenters. The van der Waals surface area contributed by atoms with Crippen LogP contribution in [0.5, 0.6) is 11.5 Å². The largest absolute Gasteiger partial charge is 0.485 e. The minimum atomic E-state index is -1.02. The fourth-order valence-corrected chi connectivity index (χ4v) is 9.07. The molecule has 42 heavy (non-hydrogen) atoms. The molecule has 3 aliphatic heterocycles. The smallest absolute Gasteiger partial charge is 0.261 e. The van der Waals surface area contributed by atoms with Crippen molar-refractivity contribution in [1.29, 1.82) is 0 Å². The quantitative estimate of drug-likeness (QED) is 0.446. The Morgan fingerprint density at radius 1 is 0.905 bits per heavy atom. The molecular formula is C35H34N2O5. The van der Waals surface area contributed by atoms with Crippen LogP contribution in [0.4, 0.5) is 0 Å². The maximum atomic E-state index is 13.7. The van der Waals surface area contributed by atoms with Gasteiger partial charge in [0, 0.05) is 18.2 Å². The number of hydrogen-bond acceptors (Lipinski definition) is 6. The van der Waals surface area contributed by atoms with Crippen molar-refractivity contribution in [2.24, 2.45) is 5.92 Å². The summed E-state index contributed by atoms with van der Waals surface area (Å²) < 4.78 is 13.4. The number of rotatable bonds is 6. The number of aliphatic hydroxyl groups is 1. The maximum Gasteiger partial charge on any atom is 0.261 e. The first-order chi connectivity index (χ1) is 20.5. The number of amides is 2. The van der Waals surface area contributed by atoms with Crippen LogP contribution in [0.1, 0.15) is 69.5 Å². The van der Waals surface area contributed by atoms with E-state index in [4.69, 9.17) is 9.47 Å². The predicted molar refractivity (Wildman–Crippen MR) is 155 cm³/mol. The maximum absolute atomic E-state index is 13.7. The molecule has 2 bridgehead atoms. The number of imide groups is 1. The van der Waals surface area contributed by atoms with Gasteiger partial charge in [0.1, 0.15) is 12.7 Å². The molecule has 7 nitrogen and oxygen atoms in total. The highest BCUT2D eigenvalue weighted by molar-refractivity contribution is 6.21. The first-order valence-electron chi connectivity index (χ1n) is 15.4. The topological polar surface area (TPSA) is 79.3 Å². The van der Waals surface area contributed by atoms with Crippen molar-refractivity contribution >= 4 is 11.8 Å². The lowest BCUT2D eigenvalue weighted by Crippen LogP contribution is -2.78. The third-order valence-corrected chi connectivity index (χ3v) is 11.1. The van der Waals surface area contributed by atoms with Gasteiger partial charge in [0.05, 0.1) is 28.2 Å². The summed E-state index contributed by atoms with van der Waals surface area (Å²) in [5.41, 5.74) is 2.46. The molecule has 0 aromatic heterocycles. The number of hydrogen-bond donors (Lipinski definition) is 1. The van der Waals surface area contributed by atoms with E-state index in [0.717, 1.165) is 43.0 Å². The van der Waals surface area contributed by atoms with Crippen LogP contribution in [0.25, 0.3) is 0 Å². The highest BCUT2D eigenvalue weighted by Crippen LogP contribution is 2.66. The normalized spacial score (nSPS) is 32.4. The first kappa shape index (κ1) is 24.9. The molecule has 6 aliphatic rings. The van der Waals surface area contributed by atoms with Crippen LogP contribution in [-0.4, -0.2) is 63.6 Å². The Bertz CT molecular complexity index is 1600. The molecule has 3 aromatic carbocycles. The fraction of sp³-hybridized carbons (Fsp3) is 0.429. The summed E-state index contributed by atoms with van der Waals surface area (Å²) in [5, 5.41) is 12.9. The lowest BCUT2D eigenvalue weighted by Gasteiger charge is -2.64. The number of nitrogens with zero attached hydrogens (tertiary/aromatic N) is 2. The third kappa shape index (κ3) is 3.18. The van der Waals surface area contributed by atoms with Gasteiger partial charge in [-0.3, -0.25) is 19.4 Å². The number of carbonyl (C=O) groups excluding carboxylic acids is 2. The zero-order valence-electron chi connectivity index (χ0n) is 23.5. The molecule has 3 heterocycles. The first-order valence-corrected chi connectivity index (χ1v) is 15.4. The Labute approximate surface area is 245 Å². The van der Waals surface area contributed by atoms with E-state index in [9.17, 15) is 14.7 Å². The predicted octanol–water partition coefficient (Wildman–Crippen LogP) is 4.49. The van der Waals surface area contributed by atoms with Gasteiger partial charge in [0.2, 0.25) is 0 Å². The Morgan fingerprint density at radius 2 is 1.64 bits per heavy atom. The second-order valence-electron chi connectivity index (χ2n) is 13.2. The molecule has 9 rings (SSSR count). The van der Waals surface area contributed by atoms with Gasteiger partial charge < -0.3 is 14.6 Å². The molecule has 3 aromatic rings. The SMILES string of the molecule is O=C1c2ccccc2C(=O)N1[C@@H]1CCC2(O)[C@H]3Cc4ccc(OCc5ccccc5)c5c4[C@@]2(CCN3CC2CC2)[C@H]1O5. The standard InChI is InChI=1S/C35H34N2O5/c38-32-24-8-4-5-9-25(24)33(39)37(32)26-14-15-35(40)28-18-23-12-13-27(41-20-22-6-2-1-3-7-22)30-29(23)34(35,31(26)42-30)16-17-36(28)19-21-10-11-21/h1-9,12-13,21,26,28,31,40H,10-11,14-20H2/t26-,28-,31+,34+,35?/m1/s1. The van der Waals surface area contributed by atoms with Gasteiger partial charge in [0.25, 0.3) is 11.8 Å². The highest BCUT2D eigenvalue weighted by atomic mass is 16.5. The van der Waals surface area contributed by atoms with E-state index in [-0.39, 0.29) is 17.9 Å². The molecule has 2 amide bonds. The van der Waals surface area contributed by atoms with E-state index < -0.39 is 23.2 Å². The molecule has 1 saturated heterocycles. The van der Waals surface area contributed by atoms with Crippen LogP contribution in [0.15, 0.2) is 66.7 Å². The van der Waals surface area contributed by atoms with Gasteiger partial charge in [-0.15, -0.1) is 0 Å². The van der Waals surface area contributed by atoms with Crippen molar-refractivity contribution < 1.29 is 24.2 Å². The molecule has 3 fully saturated rings. The van der Waals surface area contributed by atoms with E-state index in [1.165, 1.54) is 23.3 Å². The summed E-state index contributed by atoms with van der Waals surface area (Å²) in [6, 6.07) is 20.8. The molecular weight excluding hydrogens is 528 g/mol.